The van der Waals surface area contributed by atoms with E-state index in [2.05, 4.69) is 20.8 Å². The van der Waals surface area contributed by atoms with Crippen LogP contribution < -0.4 is 0 Å². The third kappa shape index (κ3) is 2.08. The van der Waals surface area contributed by atoms with E-state index in [1.54, 1.807) is 7.11 Å². The number of hydrogen-bond donors (Lipinski definition) is 0. The number of esters is 1. The molecule has 0 bridgehead atoms. The van der Waals surface area contributed by atoms with Crippen molar-refractivity contribution >= 4 is 5.97 Å². The monoisotopic (exact) mass is 198 g/mol. The Balaban J connectivity index is 2.94. The average molecular weight is 198 g/mol. The molecule has 0 fully saturated rings. The van der Waals surface area contributed by atoms with Gasteiger partial charge in [-0.2, -0.15) is 0 Å². The van der Waals surface area contributed by atoms with Crippen LogP contribution >= 0.6 is 0 Å². The highest BCUT2D eigenvalue weighted by Crippen LogP contribution is 2.34. The number of carbonyl (C=O) groups excluding carboxylic acids is 1. The van der Waals surface area contributed by atoms with Gasteiger partial charge in [0.2, 0.25) is 0 Å². The normalized spacial score (nSPS) is 28.1. The van der Waals surface area contributed by atoms with Gasteiger partial charge in [0, 0.05) is 0 Å². The van der Waals surface area contributed by atoms with Gasteiger partial charge in [-0.25, -0.2) is 4.79 Å². The molecule has 3 heteroatoms. The maximum atomic E-state index is 11.3. The van der Waals surface area contributed by atoms with Gasteiger partial charge in [0.15, 0.2) is 0 Å². The summed E-state index contributed by atoms with van der Waals surface area (Å²) in [4.78, 5) is 11.3. The van der Waals surface area contributed by atoms with Crippen LogP contribution in [-0.4, -0.2) is 19.2 Å². The molecule has 0 amide bonds. The first kappa shape index (κ1) is 11.1. The molecule has 1 aliphatic rings. The van der Waals surface area contributed by atoms with Crippen LogP contribution in [0.2, 0.25) is 0 Å². The van der Waals surface area contributed by atoms with Crippen molar-refractivity contribution in [1.29, 1.82) is 0 Å². The van der Waals surface area contributed by atoms with E-state index in [-0.39, 0.29) is 23.4 Å². The number of ether oxygens (including phenoxy) is 2. The van der Waals surface area contributed by atoms with Crippen LogP contribution in [0.3, 0.4) is 0 Å². The predicted octanol–water partition coefficient (Wildman–Crippen LogP) is 2.12. The summed E-state index contributed by atoms with van der Waals surface area (Å²) in [5.41, 5.74) is -0.0624. The van der Waals surface area contributed by atoms with Crippen molar-refractivity contribution in [2.45, 2.75) is 33.8 Å². The molecule has 2 atom stereocenters. The Hall–Kier alpha value is -0.990. The molecule has 1 heterocycles. The van der Waals surface area contributed by atoms with Crippen LogP contribution in [-0.2, 0) is 14.3 Å². The third-order valence-corrected chi connectivity index (χ3v) is 2.50. The highest BCUT2D eigenvalue weighted by atomic mass is 16.6. The maximum absolute atomic E-state index is 11.3. The van der Waals surface area contributed by atoms with E-state index < -0.39 is 0 Å². The van der Waals surface area contributed by atoms with E-state index >= 15 is 0 Å². The molecule has 0 radical (unpaired) electrons. The molecule has 0 aromatic heterocycles. The first-order valence-corrected chi connectivity index (χ1v) is 4.82. The lowest BCUT2D eigenvalue weighted by atomic mass is 9.80. The van der Waals surface area contributed by atoms with Gasteiger partial charge in [0.1, 0.15) is 11.9 Å². The van der Waals surface area contributed by atoms with Gasteiger partial charge < -0.3 is 9.47 Å². The number of rotatable bonds is 1. The van der Waals surface area contributed by atoms with Gasteiger partial charge in [0.05, 0.1) is 19.1 Å². The summed E-state index contributed by atoms with van der Waals surface area (Å²) < 4.78 is 10.5. The molecule has 1 aliphatic heterocycles. The molecule has 0 spiro atoms. The summed E-state index contributed by atoms with van der Waals surface area (Å²) >= 11 is 0. The highest BCUT2D eigenvalue weighted by molar-refractivity contribution is 5.83. The Bertz CT molecular complexity index is 260. The van der Waals surface area contributed by atoms with E-state index in [0.717, 1.165) is 0 Å². The average Bonchev–Trinajstić information content (AvgIpc) is 2.06. The topological polar surface area (TPSA) is 35.5 Å². The minimum Gasteiger partial charge on any atom is -0.500 e. The summed E-state index contributed by atoms with van der Waals surface area (Å²) in [5, 5.41) is 0. The summed E-state index contributed by atoms with van der Waals surface area (Å²) in [7, 11) is 1.58. The quantitative estimate of drug-likeness (QED) is 0.605. The van der Waals surface area contributed by atoms with Crippen LogP contribution in [0.4, 0.5) is 0 Å². The van der Waals surface area contributed by atoms with Gasteiger partial charge in [-0.1, -0.05) is 27.7 Å². The Morgan fingerprint density at radius 1 is 1.43 bits per heavy atom. The molecule has 0 saturated carbocycles. The lowest BCUT2D eigenvalue weighted by molar-refractivity contribution is -0.155. The van der Waals surface area contributed by atoms with Crippen molar-refractivity contribution in [3.05, 3.63) is 11.8 Å². The highest BCUT2D eigenvalue weighted by Gasteiger charge is 2.38. The first-order valence-electron chi connectivity index (χ1n) is 4.82. The van der Waals surface area contributed by atoms with E-state index in [4.69, 9.17) is 9.47 Å². The second-order valence-corrected chi connectivity index (χ2v) is 4.76. The Labute approximate surface area is 85.1 Å². The summed E-state index contributed by atoms with van der Waals surface area (Å²) in [6.07, 6.45) is 1.31. The Morgan fingerprint density at radius 2 is 2.00 bits per heavy atom. The minimum absolute atomic E-state index is 0.0624. The zero-order valence-electron chi connectivity index (χ0n) is 9.46. The fourth-order valence-corrected chi connectivity index (χ4v) is 1.83. The molecule has 3 nitrogen and oxygen atoms in total. The SMILES string of the molecule is COC1=CC(=O)O[C@@H](C(C)(C)C)[C@H]1C. The standard InChI is InChI=1S/C11H18O3/c1-7-8(13-5)6-9(12)14-10(7)11(2,3)4/h6-7,10H,1-5H3/t7-,10+/m0/s1. The number of carbonyl (C=O) groups is 1. The van der Waals surface area contributed by atoms with Crippen molar-refractivity contribution in [2.24, 2.45) is 11.3 Å². The molecular formula is C11H18O3. The van der Waals surface area contributed by atoms with Crippen molar-refractivity contribution in [3.8, 4) is 0 Å². The van der Waals surface area contributed by atoms with Crippen LogP contribution in [0.15, 0.2) is 11.8 Å². The van der Waals surface area contributed by atoms with E-state index in [0.29, 0.717) is 5.76 Å². The lowest BCUT2D eigenvalue weighted by Crippen LogP contribution is -2.40. The molecule has 80 valence electrons. The molecule has 1 rings (SSSR count). The van der Waals surface area contributed by atoms with E-state index in [1.807, 2.05) is 6.92 Å². The molecule has 0 N–H and O–H groups in total. The van der Waals surface area contributed by atoms with Crippen LogP contribution in [0.5, 0.6) is 0 Å². The number of hydrogen-bond acceptors (Lipinski definition) is 3. The second-order valence-electron chi connectivity index (χ2n) is 4.76. The molecule has 0 aromatic rings. The predicted molar refractivity (Wildman–Crippen MR) is 53.6 cm³/mol. The zero-order valence-corrected chi connectivity index (χ0v) is 9.46. The summed E-state index contributed by atoms with van der Waals surface area (Å²) in [5.74, 6) is 0.527. The van der Waals surface area contributed by atoms with Crippen LogP contribution in [0, 0.1) is 11.3 Å². The van der Waals surface area contributed by atoms with Gasteiger partial charge >= 0.3 is 5.97 Å². The van der Waals surface area contributed by atoms with Gasteiger partial charge in [-0.05, 0) is 5.41 Å². The molecular weight excluding hydrogens is 180 g/mol. The summed E-state index contributed by atoms with van der Waals surface area (Å²) in [6.45, 7) is 8.18. The van der Waals surface area contributed by atoms with Crippen LogP contribution in [0.25, 0.3) is 0 Å². The van der Waals surface area contributed by atoms with Crippen LogP contribution in [0.1, 0.15) is 27.7 Å². The van der Waals surface area contributed by atoms with E-state index in [1.165, 1.54) is 6.08 Å². The molecule has 0 aromatic carbocycles. The Morgan fingerprint density at radius 3 is 2.43 bits per heavy atom. The number of methoxy groups -OCH3 is 1. The first-order chi connectivity index (χ1) is 6.36. The summed E-state index contributed by atoms with van der Waals surface area (Å²) in [6, 6.07) is 0. The fraction of sp³-hybridized carbons (Fsp3) is 0.727. The van der Waals surface area contributed by atoms with E-state index in [9.17, 15) is 4.79 Å². The van der Waals surface area contributed by atoms with Crippen molar-refractivity contribution < 1.29 is 14.3 Å². The van der Waals surface area contributed by atoms with Crippen molar-refractivity contribution in [3.63, 3.8) is 0 Å². The molecule has 0 aliphatic carbocycles. The lowest BCUT2D eigenvalue weighted by Gasteiger charge is -2.37. The van der Waals surface area contributed by atoms with Gasteiger partial charge in [-0.3, -0.25) is 0 Å². The fourth-order valence-electron chi connectivity index (χ4n) is 1.83. The zero-order chi connectivity index (χ0) is 10.9. The second kappa shape index (κ2) is 3.64. The molecule has 14 heavy (non-hydrogen) atoms. The van der Waals surface area contributed by atoms with Gasteiger partial charge in [-0.15, -0.1) is 0 Å². The van der Waals surface area contributed by atoms with Crippen molar-refractivity contribution in [2.75, 3.05) is 7.11 Å². The van der Waals surface area contributed by atoms with Gasteiger partial charge in [0.25, 0.3) is 0 Å². The number of cyclic esters (lactones) is 1. The minimum atomic E-state index is -0.306. The third-order valence-electron chi connectivity index (χ3n) is 2.50. The Kier molecular flexibility index (Phi) is 2.88. The maximum Gasteiger partial charge on any atom is 0.334 e. The molecule has 0 unspecified atom stereocenters. The van der Waals surface area contributed by atoms with Crippen molar-refractivity contribution in [1.82, 2.24) is 0 Å². The molecule has 0 saturated heterocycles. The smallest absolute Gasteiger partial charge is 0.334 e. The largest absolute Gasteiger partial charge is 0.500 e.